The van der Waals surface area contributed by atoms with Gasteiger partial charge in [0.2, 0.25) is 0 Å². The Hall–Kier alpha value is -0.130. The minimum absolute atomic E-state index is 0.772. The molecule has 1 aliphatic rings. The Balaban J connectivity index is 2.58. The maximum absolute atomic E-state index is 10.4. The van der Waals surface area contributed by atoms with E-state index in [1.807, 2.05) is 5.41 Å². The van der Waals surface area contributed by atoms with Crippen LogP contribution in [0.4, 0.5) is 0 Å². The molecule has 0 saturated carbocycles. The fourth-order valence-electron chi connectivity index (χ4n) is 0.667. The van der Waals surface area contributed by atoms with Crippen molar-refractivity contribution in [3.63, 3.8) is 0 Å². The molecule has 11 heavy (non-hydrogen) atoms. The topological polar surface area (TPSA) is 63.3 Å². The Morgan fingerprint density at radius 3 is 2.91 bits per heavy atom. The lowest BCUT2D eigenvalue weighted by Crippen LogP contribution is -2.31. The van der Waals surface area contributed by atoms with Crippen molar-refractivity contribution in [2.45, 2.75) is 6.04 Å². The minimum Gasteiger partial charge on any atom is -0.480 e. The summed E-state index contributed by atoms with van der Waals surface area (Å²) in [6.45, 7) is 0. The van der Waals surface area contributed by atoms with Gasteiger partial charge in [-0.15, -0.1) is 23.5 Å². The molecular weight excluding hydrogens is 182 g/mol. The first kappa shape index (κ1) is 8.96. The summed E-state index contributed by atoms with van der Waals surface area (Å²) in [5.74, 6) is 1.05. The van der Waals surface area contributed by atoms with Crippen LogP contribution < -0.4 is 5.73 Å². The molecule has 0 spiro atoms. The normalized spacial score (nSPS) is 20.6. The fourth-order valence-corrected chi connectivity index (χ4v) is 2.81. The van der Waals surface area contributed by atoms with Crippen molar-refractivity contribution >= 4 is 29.5 Å². The van der Waals surface area contributed by atoms with Crippen LogP contribution in [-0.2, 0) is 4.79 Å². The average molecular weight is 191 g/mol. The first-order chi connectivity index (χ1) is 5.22. The summed E-state index contributed by atoms with van der Waals surface area (Å²) in [7, 11) is 0. The van der Waals surface area contributed by atoms with Crippen LogP contribution in [0.1, 0.15) is 0 Å². The van der Waals surface area contributed by atoms with E-state index in [1.165, 1.54) is 11.8 Å². The molecule has 1 aliphatic heterocycles. The molecule has 0 radical (unpaired) electrons. The van der Waals surface area contributed by atoms with Crippen LogP contribution >= 0.6 is 23.5 Å². The van der Waals surface area contributed by atoms with Crippen LogP contribution in [0.5, 0.6) is 0 Å². The number of aliphatic carboxylic acids is 1. The maximum Gasteiger partial charge on any atom is 0.325 e. The Kier molecular flexibility index (Phi) is 3.29. The van der Waals surface area contributed by atoms with Crippen LogP contribution in [0.25, 0.3) is 0 Å². The number of hydrogen-bond acceptors (Lipinski definition) is 4. The average Bonchev–Trinajstić information content (AvgIpc) is 2.05. The van der Waals surface area contributed by atoms with Crippen molar-refractivity contribution < 1.29 is 9.90 Å². The molecule has 62 valence electrons. The highest BCUT2D eigenvalue weighted by atomic mass is 32.2. The van der Waals surface area contributed by atoms with Crippen molar-refractivity contribution in [1.82, 2.24) is 0 Å². The molecule has 3 nitrogen and oxygen atoms in total. The Bertz CT molecular complexity index is 193. The number of hydrogen-bond donors (Lipinski definition) is 2. The van der Waals surface area contributed by atoms with Gasteiger partial charge in [-0.2, -0.15) is 0 Å². The monoisotopic (exact) mass is 191 g/mol. The van der Waals surface area contributed by atoms with Crippen molar-refractivity contribution in [3.05, 3.63) is 10.3 Å². The van der Waals surface area contributed by atoms with Gasteiger partial charge in [-0.1, -0.05) is 0 Å². The summed E-state index contributed by atoms with van der Waals surface area (Å²) >= 11 is 3.16. The second-order valence-electron chi connectivity index (χ2n) is 2.06. The second kappa shape index (κ2) is 4.04. The number of carboxylic acids is 1. The first-order valence-electron chi connectivity index (χ1n) is 3.14. The van der Waals surface area contributed by atoms with Gasteiger partial charge in [0.15, 0.2) is 0 Å². The molecule has 1 atom stereocenters. The molecule has 0 saturated heterocycles. The summed E-state index contributed by atoms with van der Waals surface area (Å²) in [4.78, 5) is 11.2. The largest absolute Gasteiger partial charge is 0.480 e. The van der Waals surface area contributed by atoms with E-state index in [-0.39, 0.29) is 0 Å². The van der Waals surface area contributed by atoms with E-state index in [0.29, 0.717) is 0 Å². The van der Waals surface area contributed by atoms with E-state index in [4.69, 9.17) is 10.8 Å². The molecule has 0 fully saturated rings. The number of rotatable bonds is 2. The van der Waals surface area contributed by atoms with E-state index in [1.54, 1.807) is 11.8 Å². The summed E-state index contributed by atoms with van der Waals surface area (Å²) in [5.41, 5.74) is 5.39. The van der Waals surface area contributed by atoms with E-state index in [2.05, 4.69) is 0 Å². The van der Waals surface area contributed by atoms with E-state index in [0.717, 1.165) is 16.4 Å². The van der Waals surface area contributed by atoms with Gasteiger partial charge in [0.1, 0.15) is 6.04 Å². The molecule has 0 amide bonds. The molecular formula is C6H9NO2S2. The maximum atomic E-state index is 10.4. The van der Waals surface area contributed by atoms with Crippen LogP contribution in [0, 0.1) is 0 Å². The van der Waals surface area contributed by atoms with Crippen molar-refractivity contribution in [1.29, 1.82) is 0 Å². The molecule has 3 N–H and O–H groups in total. The predicted molar refractivity (Wildman–Crippen MR) is 48.6 cm³/mol. The zero-order valence-electron chi connectivity index (χ0n) is 5.82. The van der Waals surface area contributed by atoms with Gasteiger partial charge in [-0.25, -0.2) is 0 Å². The highest BCUT2D eigenvalue weighted by Gasteiger charge is 2.19. The highest BCUT2D eigenvalue weighted by molar-refractivity contribution is 8.09. The smallest absolute Gasteiger partial charge is 0.325 e. The second-order valence-corrected chi connectivity index (χ2v) is 4.20. The fraction of sp³-hybridized carbons (Fsp3) is 0.500. The van der Waals surface area contributed by atoms with E-state index < -0.39 is 12.0 Å². The first-order valence-corrected chi connectivity index (χ1v) is 5.18. The lowest BCUT2D eigenvalue weighted by atomic mass is 10.3. The molecule has 0 aliphatic carbocycles. The quantitative estimate of drug-likeness (QED) is 0.673. The van der Waals surface area contributed by atoms with Gasteiger partial charge in [-0.05, 0) is 5.41 Å². The van der Waals surface area contributed by atoms with Crippen molar-refractivity contribution in [3.8, 4) is 0 Å². The Labute approximate surface area is 73.4 Å². The number of nitrogens with two attached hydrogens (primary N) is 1. The van der Waals surface area contributed by atoms with Gasteiger partial charge < -0.3 is 10.8 Å². The number of carboxylic acid groups (broad SMARTS) is 1. The number of carbonyl (C=O) groups is 1. The Morgan fingerprint density at radius 1 is 1.73 bits per heavy atom. The van der Waals surface area contributed by atoms with Crippen LogP contribution in [0.15, 0.2) is 10.3 Å². The standard InChI is InChI=1S/C6H9NO2S2/c7-5(6(8)9)4-3-10-1-2-11-4/h3,5H,1-2,7H2,(H,8,9)/t5-/m0/s1. The SMILES string of the molecule is N[C@H](C(=O)O)C1=CSCCS1. The van der Waals surface area contributed by atoms with E-state index >= 15 is 0 Å². The van der Waals surface area contributed by atoms with Gasteiger partial charge >= 0.3 is 5.97 Å². The van der Waals surface area contributed by atoms with Gasteiger partial charge in [0.05, 0.1) is 0 Å². The zero-order chi connectivity index (χ0) is 8.27. The van der Waals surface area contributed by atoms with Gasteiger partial charge in [0.25, 0.3) is 0 Å². The summed E-state index contributed by atoms with van der Waals surface area (Å²) in [6, 6.07) is -0.826. The molecule has 0 unspecified atom stereocenters. The molecule has 0 bridgehead atoms. The molecule has 1 rings (SSSR count). The lowest BCUT2D eigenvalue weighted by Gasteiger charge is -2.14. The highest BCUT2D eigenvalue weighted by Crippen LogP contribution is 2.28. The van der Waals surface area contributed by atoms with Crippen molar-refractivity contribution in [2.24, 2.45) is 5.73 Å². The van der Waals surface area contributed by atoms with Crippen LogP contribution in [0.2, 0.25) is 0 Å². The summed E-state index contributed by atoms with van der Waals surface area (Å²) in [5, 5.41) is 10.4. The zero-order valence-corrected chi connectivity index (χ0v) is 7.45. The molecule has 0 aromatic rings. The lowest BCUT2D eigenvalue weighted by molar-refractivity contribution is -0.137. The van der Waals surface area contributed by atoms with Gasteiger partial charge in [-0.3, -0.25) is 4.79 Å². The van der Waals surface area contributed by atoms with Crippen LogP contribution in [-0.4, -0.2) is 28.6 Å². The molecule has 0 aromatic carbocycles. The Morgan fingerprint density at radius 2 is 2.45 bits per heavy atom. The predicted octanol–water partition coefficient (Wildman–Crippen LogP) is 0.720. The third-order valence-electron chi connectivity index (χ3n) is 1.24. The third kappa shape index (κ3) is 2.43. The molecule has 0 aromatic heterocycles. The number of thioether (sulfide) groups is 2. The molecule has 5 heteroatoms. The molecule has 1 heterocycles. The van der Waals surface area contributed by atoms with E-state index in [9.17, 15) is 4.79 Å². The van der Waals surface area contributed by atoms with Gasteiger partial charge in [0, 0.05) is 16.4 Å². The minimum atomic E-state index is -0.953. The van der Waals surface area contributed by atoms with Crippen LogP contribution in [0.3, 0.4) is 0 Å². The summed E-state index contributed by atoms with van der Waals surface area (Å²) in [6.07, 6.45) is 0. The van der Waals surface area contributed by atoms with Crippen molar-refractivity contribution in [2.75, 3.05) is 11.5 Å². The summed E-state index contributed by atoms with van der Waals surface area (Å²) < 4.78 is 0. The third-order valence-corrected chi connectivity index (χ3v) is 3.62.